The van der Waals surface area contributed by atoms with E-state index in [-0.39, 0.29) is 35.4 Å². The van der Waals surface area contributed by atoms with Gasteiger partial charge in [-0.2, -0.15) is 5.10 Å². The number of halogens is 4. The Morgan fingerprint density at radius 1 is 1.10 bits per heavy atom. The average Bonchev–Trinajstić information content (AvgIpc) is 3.49. The highest BCUT2D eigenvalue weighted by atomic mass is 19.1. The lowest BCUT2D eigenvalue weighted by atomic mass is 9.78. The summed E-state index contributed by atoms with van der Waals surface area (Å²) >= 11 is 0. The van der Waals surface area contributed by atoms with Gasteiger partial charge in [0, 0.05) is 44.3 Å². The number of amides is 1. The Morgan fingerprint density at radius 2 is 1.77 bits per heavy atom. The van der Waals surface area contributed by atoms with Gasteiger partial charge in [0.2, 0.25) is 5.91 Å². The highest BCUT2D eigenvalue weighted by Crippen LogP contribution is 2.46. The van der Waals surface area contributed by atoms with Crippen LogP contribution in [0.15, 0.2) is 58.0 Å². The largest absolute Gasteiger partial charge is 0.465 e. The molecule has 3 atom stereocenters. The van der Waals surface area contributed by atoms with Gasteiger partial charge in [0.05, 0.1) is 23.4 Å². The molecule has 0 spiro atoms. The number of hydrogen-bond donors (Lipinski definition) is 1. The van der Waals surface area contributed by atoms with Crippen molar-refractivity contribution in [2.75, 3.05) is 39.3 Å². The van der Waals surface area contributed by atoms with Crippen molar-refractivity contribution in [3.63, 3.8) is 0 Å². The van der Waals surface area contributed by atoms with E-state index in [2.05, 4.69) is 10.4 Å². The van der Waals surface area contributed by atoms with Gasteiger partial charge < -0.3 is 19.4 Å². The van der Waals surface area contributed by atoms with Crippen LogP contribution in [0.1, 0.15) is 36.8 Å². The van der Waals surface area contributed by atoms with E-state index in [1.54, 1.807) is 12.1 Å². The standard InChI is InChI=1S/C29H32F4N4O3/c1-6-19-9-12-25(40-19)26-27(21-10-7-17(30)13-22(21)32)35-37(24-11-8-18(31)14-23(24)33)29(26,2)28(38)34-15-20(39-5)16-36(3)4/h7-14,20,26H,6,15-16H2,1-5H3,(H,34,38). The van der Waals surface area contributed by atoms with Crippen LogP contribution in [0.4, 0.5) is 23.2 Å². The minimum absolute atomic E-state index is 0.0208. The van der Waals surface area contributed by atoms with Crippen LogP contribution in [-0.2, 0) is 16.0 Å². The molecule has 1 N–H and O–H groups in total. The topological polar surface area (TPSA) is 70.3 Å². The maximum atomic E-state index is 15.2. The van der Waals surface area contributed by atoms with Crippen molar-refractivity contribution in [1.82, 2.24) is 10.2 Å². The first-order valence-corrected chi connectivity index (χ1v) is 12.8. The number of nitrogens with one attached hydrogen (secondary N) is 1. The van der Waals surface area contributed by atoms with Crippen LogP contribution in [0, 0.1) is 23.3 Å². The predicted molar refractivity (Wildman–Crippen MR) is 143 cm³/mol. The average molecular weight is 561 g/mol. The van der Waals surface area contributed by atoms with Crippen LogP contribution < -0.4 is 10.3 Å². The first-order chi connectivity index (χ1) is 19.0. The fraction of sp³-hybridized carbons (Fsp3) is 0.379. The summed E-state index contributed by atoms with van der Waals surface area (Å²) in [6.45, 7) is 4.02. The molecule has 7 nitrogen and oxygen atoms in total. The Hall–Kier alpha value is -3.70. The van der Waals surface area contributed by atoms with Crippen molar-refractivity contribution >= 4 is 17.3 Å². The zero-order valence-corrected chi connectivity index (χ0v) is 23.0. The maximum Gasteiger partial charge on any atom is 0.249 e. The lowest BCUT2D eigenvalue weighted by molar-refractivity contribution is -0.126. The summed E-state index contributed by atoms with van der Waals surface area (Å²) in [6, 6.07) is 9.24. The smallest absolute Gasteiger partial charge is 0.249 e. The van der Waals surface area contributed by atoms with E-state index < -0.39 is 40.6 Å². The quantitative estimate of drug-likeness (QED) is 0.359. The number of hydrazone groups is 1. The van der Waals surface area contributed by atoms with Crippen LogP contribution in [0.5, 0.6) is 0 Å². The Bertz CT molecular complexity index is 1410. The molecule has 0 saturated heterocycles. The van der Waals surface area contributed by atoms with Crippen molar-refractivity contribution in [1.29, 1.82) is 0 Å². The van der Waals surface area contributed by atoms with Gasteiger partial charge in [-0.15, -0.1) is 0 Å². The number of aryl methyl sites for hydroxylation is 1. The molecule has 1 aliphatic heterocycles. The second kappa shape index (κ2) is 11.8. The van der Waals surface area contributed by atoms with Gasteiger partial charge >= 0.3 is 0 Å². The molecule has 0 bridgehead atoms. The number of furan rings is 1. The highest BCUT2D eigenvalue weighted by molar-refractivity contribution is 6.13. The number of benzene rings is 2. The van der Waals surface area contributed by atoms with Gasteiger partial charge in [0.15, 0.2) is 11.4 Å². The number of methoxy groups -OCH3 is 1. The predicted octanol–water partition coefficient (Wildman–Crippen LogP) is 4.86. The van der Waals surface area contributed by atoms with E-state index in [9.17, 15) is 13.6 Å². The molecule has 11 heteroatoms. The van der Waals surface area contributed by atoms with Crippen LogP contribution in [0.2, 0.25) is 0 Å². The minimum atomic E-state index is -1.73. The fourth-order valence-corrected chi connectivity index (χ4v) is 4.92. The van der Waals surface area contributed by atoms with Gasteiger partial charge in [0.25, 0.3) is 0 Å². The number of rotatable bonds is 10. The zero-order valence-electron chi connectivity index (χ0n) is 23.0. The van der Waals surface area contributed by atoms with Crippen molar-refractivity contribution in [2.45, 2.75) is 37.8 Å². The SMILES string of the molecule is CCc1ccc(C2C(c3ccc(F)cc3F)=NN(c3ccc(F)cc3F)C2(C)C(=O)NCC(CN(C)C)OC)o1. The summed E-state index contributed by atoms with van der Waals surface area (Å²) in [4.78, 5) is 16.0. The third-order valence-corrected chi connectivity index (χ3v) is 7.00. The normalized spacial score (nSPS) is 19.7. The van der Waals surface area contributed by atoms with Gasteiger partial charge in [0.1, 0.15) is 29.0 Å². The Balaban J connectivity index is 1.89. The number of ether oxygens (including phenoxy) is 1. The third-order valence-electron chi connectivity index (χ3n) is 7.00. The molecule has 0 aliphatic carbocycles. The molecular formula is C29H32F4N4O3. The van der Waals surface area contributed by atoms with E-state index in [0.29, 0.717) is 30.9 Å². The Morgan fingerprint density at radius 3 is 2.35 bits per heavy atom. The van der Waals surface area contributed by atoms with E-state index in [1.807, 2.05) is 25.9 Å². The molecule has 0 radical (unpaired) electrons. The zero-order chi connectivity index (χ0) is 29.2. The monoisotopic (exact) mass is 560 g/mol. The first-order valence-electron chi connectivity index (χ1n) is 12.8. The molecule has 214 valence electrons. The van der Waals surface area contributed by atoms with E-state index in [1.165, 1.54) is 20.1 Å². The van der Waals surface area contributed by atoms with E-state index in [0.717, 1.165) is 23.2 Å². The summed E-state index contributed by atoms with van der Waals surface area (Å²) < 4.78 is 69.6. The summed E-state index contributed by atoms with van der Waals surface area (Å²) in [5, 5.41) is 8.52. The van der Waals surface area contributed by atoms with Gasteiger partial charge in [-0.1, -0.05) is 6.92 Å². The summed E-state index contributed by atoms with van der Waals surface area (Å²) in [6.07, 6.45) is 0.173. The molecule has 1 amide bonds. The molecule has 3 aromatic rings. The van der Waals surface area contributed by atoms with Crippen molar-refractivity contribution < 1.29 is 31.5 Å². The number of likely N-dealkylation sites (N-methyl/N-ethyl adjacent to an activating group) is 1. The Kier molecular flexibility index (Phi) is 8.65. The van der Waals surface area contributed by atoms with Gasteiger partial charge in [-0.05, 0) is 57.4 Å². The number of nitrogens with zero attached hydrogens (tertiary/aromatic N) is 3. The number of hydrogen-bond acceptors (Lipinski definition) is 6. The highest BCUT2D eigenvalue weighted by Gasteiger charge is 2.57. The second-order valence-corrected chi connectivity index (χ2v) is 10.1. The first kappa shape index (κ1) is 29.3. The Labute approximate surface area is 230 Å². The molecular weight excluding hydrogens is 528 g/mol. The molecule has 2 aromatic carbocycles. The number of carbonyl (C=O) groups is 1. The van der Waals surface area contributed by atoms with Crippen LogP contribution in [-0.4, -0.2) is 62.5 Å². The van der Waals surface area contributed by atoms with E-state index >= 15 is 8.78 Å². The molecule has 1 aromatic heterocycles. The fourth-order valence-electron chi connectivity index (χ4n) is 4.92. The van der Waals surface area contributed by atoms with E-state index in [4.69, 9.17) is 9.15 Å². The molecule has 4 rings (SSSR count). The lowest BCUT2D eigenvalue weighted by Crippen LogP contribution is -2.58. The minimum Gasteiger partial charge on any atom is -0.465 e. The van der Waals surface area contributed by atoms with Gasteiger partial charge in [-0.3, -0.25) is 4.79 Å². The summed E-state index contributed by atoms with van der Waals surface area (Å²) in [7, 11) is 5.25. The van der Waals surface area contributed by atoms with Crippen molar-refractivity contribution in [3.8, 4) is 0 Å². The molecule has 3 unspecified atom stereocenters. The number of carbonyl (C=O) groups excluding carboxylic acids is 1. The van der Waals surface area contributed by atoms with Crippen LogP contribution in [0.3, 0.4) is 0 Å². The molecule has 0 fully saturated rings. The molecule has 0 saturated carbocycles. The van der Waals surface area contributed by atoms with Gasteiger partial charge in [-0.25, -0.2) is 22.6 Å². The van der Waals surface area contributed by atoms with Crippen LogP contribution >= 0.6 is 0 Å². The van der Waals surface area contributed by atoms with Crippen molar-refractivity contribution in [2.24, 2.45) is 5.10 Å². The molecule has 2 heterocycles. The van der Waals surface area contributed by atoms with Crippen LogP contribution in [0.25, 0.3) is 0 Å². The molecule has 40 heavy (non-hydrogen) atoms. The van der Waals surface area contributed by atoms with Crippen molar-refractivity contribution in [3.05, 3.63) is 88.9 Å². The molecule has 1 aliphatic rings. The summed E-state index contributed by atoms with van der Waals surface area (Å²) in [5.41, 5.74) is -2.01. The second-order valence-electron chi connectivity index (χ2n) is 10.1. The maximum absolute atomic E-state index is 15.2. The number of anilines is 1. The third kappa shape index (κ3) is 5.62. The summed E-state index contributed by atoms with van der Waals surface area (Å²) in [5.74, 6) is -4.27. The lowest BCUT2D eigenvalue weighted by Gasteiger charge is -2.37.